The van der Waals surface area contributed by atoms with Crippen molar-refractivity contribution in [3.05, 3.63) is 16.1 Å². The van der Waals surface area contributed by atoms with Crippen molar-refractivity contribution in [1.82, 2.24) is 20.5 Å². The van der Waals surface area contributed by atoms with Crippen LogP contribution in [0, 0.1) is 0 Å². The zero-order valence-electron chi connectivity index (χ0n) is 14.5. The summed E-state index contributed by atoms with van der Waals surface area (Å²) in [6.45, 7) is 8.61. The lowest BCUT2D eigenvalue weighted by atomic mass is 10.2. The Kier molecular flexibility index (Phi) is 10.0. The van der Waals surface area contributed by atoms with E-state index in [4.69, 9.17) is 0 Å². The van der Waals surface area contributed by atoms with Gasteiger partial charge in [-0.1, -0.05) is 13.8 Å². The molecule has 1 saturated heterocycles. The highest BCUT2D eigenvalue weighted by Crippen LogP contribution is 2.15. The third-order valence-corrected chi connectivity index (χ3v) is 5.25. The second-order valence-corrected chi connectivity index (χ2v) is 6.58. The number of guanidine groups is 1. The molecule has 1 aromatic rings. The van der Waals surface area contributed by atoms with Crippen molar-refractivity contribution in [3.63, 3.8) is 0 Å². The fourth-order valence-electron chi connectivity index (χ4n) is 2.91. The average Bonchev–Trinajstić information content (AvgIpc) is 3.19. The molecule has 1 aromatic heterocycles. The lowest BCUT2D eigenvalue weighted by Crippen LogP contribution is -2.45. The zero-order valence-corrected chi connectivity index (χ0v) is 17.6. The van der Waals surface area contributed by atoms with Crippen LogP contribution in [-0.4, -0.2) is 55.1 Å². The summed E-state index contributed by atoms with van der Waals surface area (Å²) >= 11 is 1.75. The van der Waals surface area contributed by atoms with Crippen molar-refractivity contribution in [2.75, 3.05) is 33.2 Å². The van der Waals surface area contributed by atoms with Gasteiger partial charge < -0.3 is 10.6 Å². The van der Waals surface area contributed by atoms with Gasteiger partial charge in [0.25, 0.3) is 0 Å². The van der Waals surface area contributed by atoms with Crippen molar-refractivity contribution in [2.24, 2.45) is 4.99 Å². The third kappa shape index (κ3) is 6.54. The van der Waals surface area contributed by atoms with E-state index in [1.807, 2.05) is 7.05 Å². The van der Waals surface area contributed by atoms with E-state index in [2.05, 4.69) is 44.7 Å². The summed E-state index contributed by atoms with van der Waals surface area (Å²) in [5, 5.41) is 10.2. The molecule has 0 saturated carbocycles. The molecule has 2 N–H and O–H groups in total. The Morgan fingerprint density at radius 2 is 2.26 bits per heavy atom. The van der Waals surface area contributed by atoms with Gasteiger partial charge in [0.2, 0.25) is 0 Å². The largest absolute Gasteiger partial charge is 0.356 e. The molecule has 7 heteroatoms. The Hall–Kier alpha value is -0.410. The molecule has 0 spiro atoms. The lowest BCUT2D eigenvalue weighted by molar-refractivity contribution is 0.267. The van der Waals surface area contributed by atoms with E-state index < -0.39 is 0 Å². The van der Waals surface area contributed by atoms with Crippen LogP contribution in [0.1, 0.15) is 37.4 Å². The van der Waals surface area contributed by atoms with Gasteiger partial charge in [-0.25, -0.2) is 4.98 Å². The molecule has 5 nitrogen and oxygen atoms in total. The average molecular weight is 451 g/mol. The molecule has 2 heterocycles. The maximum Gasteiger partial charge on any atom is 0.191 e. The Balaban J connectivity index is 0.00000264. The number of rotatable bonds is 7. The number of likely N-dealkylation sites (N-methyl/N-ethyl adjacent to an activating group) is 1. The van der Waals surface area contributed by atoms with Gasteiger partial charge in [0, 0.05) is 38.0 Å². The van der Waals surface area contributed by atoms with Gasteiger partial charge in [0.15, 0.2) is 5.96 Å². The first-order valence-corrected chi connectivity index (χ1v) is 9.26. The number of halogens is 1. The number of aryl methyl sites for hydroxylation is 1. The summed E-state index contributed by atoms with van der Waals surface area (Å²) in [5.74, 6) is 0.897. The Morgan fingerprint density at radius 3 is 2.91 bits per heavy atom. The summed E-state index contributed by atoms with van der Waals surface area (Å²) in [4.78, 5) is 11.4. The van der Waals surface area contributed by atoms with E-state index in [9.17, 15) is 0 Å². The van der Waals surface area contributed by atoms with E-state index in [1.54, 1.807) is 11.3 Å². The molecule has 132 valence electrons. The van der Waals surface area contributed by atoms with Crippen LogP contribution in [0.15, 0.2) is 10.4 Å². The number of hydrogen-bond donors (Lipinski definition) is 2. The number of hydrogen-bond acceptors (Lipinski definition) is 4. The van der Waals surface area contributed by atoms with Gasteiger partial charge in [-0.3, -0.25) is 9.89 Å². The van der Waals surface area contributed by atoms with Crippen molar-refractivity contribution < 1.29 is 0 Å². The van der Waals surface area contributed by atoms with E-state index in [0.29, 0.717) is 6.04 Å². The van der Waals surface area contributed by atoms with Gasteiger partial charge in [0.05, 0.1) is 10.7 Å². The quantitative estimate of drug-likeness (QED) is 0.380. The molecule has 0 amide bonds. The van der Waals surface area contributed by atoms with Crippen molar-refractivity contribution in [3.8, 4) is 0 Å². The first-order valence-electron chi connectivity index (χ1n) is 8.38. The molecule has 1 unspecified atom stereocenters. The van der Waals surface area contributed by atoms with Crippen LogP contribution in [0.5, 0.6) is 0 Å². The highest BCUT2D eigenvalue weighted by atomic mass is 127. The number of aliphatic imine (C=N–C) groups is 1. The number of likely N-dealkylation sites (tertiary alicyclic amines) is 1. The maximum atomic E-state index is 4.59. The normalized spacial score (nSPS) is 18.7. The first kappa shape index (κ1) is 20.6. The molecular weight excluding hydrogens is 421 g/mol. The SMILES string of the molecule is CCc1nc(CCNC(=NC)NCC2CCCN2CC)cs1.I. The van der Waals surface area contributed by atoms with E-state index in [-0.39, 0.29) is 24.0 Å². The smallest absolute Gasteiger partial charge is 0.191 e. The van der Waals surface area contributed by atoms with E-state index in [1.165, 1.54) is 30.1 Å². The number of nitrogens with one attached hydrogen (secondary N) is 2. The second kappa shape index (κ2) is 11.2. The van der Waals surface area contributed by atoms with E-state index in [0.717, 1.165) is 38.4 Å². The maximum absolute atomic E-state index is 4.59. The van der Waals surface area contributed by atoms with Gasteiger partial charge >= 0.3 is 0 Å². The van der Waals surface area contributed by atoms with Gasteiger partial charge in [-0.15, -0.1) is 35.3 Å². The standard InChI is InChI=1S/C16H29N5S.HI/c1-4-15-20-13(12-22-15)8-9-18-16(17-3)19-11-14-7-6-10-21(14)5-2;/h12,14H,4-11H2,1-3H3,(H2,17,18,19);1H. The van der Waals surface area contributed by atoms with Crippen LogP contribution in [0.4, 0.5) is 0 Å². The molecule has 0 radical (unpaired) electrons. The predicted molar refractivity (Wildman–Crippen MR) is 110 cm³/mol. The number of thiazole rings is 1. The second-order valence-electron chi connectivity index (χ2n) is 5.64. The highest BCUT2D eigenvalue weighted by Gasteiger charge is 2.22. The number of aromatic nitrogens is 1. The summed E-state index contributed by atoms with van der Waals surface area (Å²) in [6, 6.07) is 0.647. The highest BCUT2D eigenvalue weighted by molar-refractivity contribution is 14.0. The van der Waals surface area contributed by atoms with Gasteiger partial charge in [-0.2, -0.15) is 0 Å². The summed E-state index contributed by atoms with van der Waals surface area (Å²) in [5.41, 5.74) is 1.18. The molecule has 0 aliphatic carbocycles. The van der Waals surface area contributed by atoms with E-state index >= 15 is 0 Å². The minimum Gasteiger partial charge on any atom is -0.356 e. The first-order chi connectivity index (χ1) is 10.8. The Labute approximate surface area is 161 Å². The molecular formula is C16H30IN5S. The molecule has 0 bridgehead atoms. The van der Waals surface area contributed by atoms with Crippen LogP contribution in [0.2, 0.25) is 0 Å². The minimum atomic E-state index is 0. The summed E-state index contributed by atoms with van der Waals surface area (Å²) < 4.78 is 0. The lowest BCUT2D eigenvalue weighted by Gasteiger charge is -2.23. The van der Waals surface area contributed by atoms with Crippen LogP contribution >= 0.6 is 35.3 Å². The Bertz CT molecular complexity index is 477. The summed E-state index contributed by atoms with van der Waals surface area (Å²) in [6.07, 6.45) is 4.57. The predicted octanol–water partition coefficient (Wildman–Crippen LogP) is 2.52. The fraction of sp³-hybridized carbons (Fsp3) is 0.750. The molecule has 1 fully saturated rings. The molecule has 1 aliphatic heterocycles. The number of nitrogens with zero attached hydrogens (tertiary/aromatic N) is 3. The summed E-state index contributed by atoms with van der Waals surface area (Å²) in [7, 11) is 1.83. The van der Waals surface area contributed by atoms with Crippen molar-refractivity contribution in [2.45, 2.75) is 45.6 Å². The van der Waals surface area contributed by atoms with Crippen LogP contribution < -0.4 is 10.6 Å². The topological polar surface area (TPSA) is 52.6 Å². The third-order valence-electron chi connectivity index (χ3n) is 4.21. The fourth-order valence-corrected chi connectivity index (χ4v) is 3.69. The van der Waals surface area contributed by atoms with Gasteiger partial charge in [-0.05, 0) is 32.4 Å². The van der Waals surface area contributed by atoms with Crippen molar-refractivity contribution >= 4 is 41.3 Å². The molecule has 0 aromatic carbocycles. The van der Waals surface area contributed by atoms with Crippen LogP contribution in [0.25, 0.3) is 0 Å². The molecule has 2 rings (SSSR count). The monoisotopic (exact) mass is 451 g/mol. The van der Waals surface area contributed by atoms with Crippen LogP contribution in [-0.2, 0) is 12.8 Å². The zero-order chi connectivity index (χ0) is 15.8. The van der Waals surface area contributed by atoms with Crippen LogP contribution in [0.3, 0.4) is 0 Å². The molecule has 1 aliphatic rings. The van der Waals surface area contributed by atoms with Crippen molar-refractivity contribution in [1.29, 1.82) is 0 Å². The minimum absolute atomic E-state index is 0. The van der Waals surface area contributed by atoms with Gasteiger partial charge in [0.1, 0.15) is 0 Å². The molecule has 1 atom stereocenters. The Morgan fingerprint density at radius 1 is 1.43 bits per heavy atom. The molecule has 23 heavy (non-hydrogen) atoms.